The van der Waals surface area contributed by atoms with Gasteiger partial charge in [-0.05, 0) is 0 Å². The summed E-state index contributed by atoms with van der Waals surface area (Å²) in [5.41, 5.74) is 5.28. The zero-order valence-corrected chi connectivity index (χ0v) is 5.03. The average molecular weight is 128 g/mol. The summed E-state index contributed by atoms with van der Waals surface area (Å²) in [6.45, 7) is 0. The molecule has 0 aliphatic carbocycles. The molecule has 1 rings (SSSR count). The van der Waals surface area contributed by atoms with Crippen LogP contribution in [-0.2, 0) is 0 Å². The van der Waals surface area contributed by atoms with E-state index in [0.717, 1.165) is 0 Å². The summed E-state index contributed by atoms with van der Waals surface area (Å²) in [4.78, 5) is 10.6. The second kappa shape index (κ2) is 2.02. The third kappa shape index (κ3) is 1.17. The van der Waals surface area contributed by atoms with Crippen LogP contribution in [0.5, 0.6) is 0 Å². The second-order valence-electron chi connectivity index (χ2n) is 1.76. The SMILES string of the molecule is CN1N=CC(N)NC1=O. The zero-order chi connectivity index (χ0) is 6.85. The number of urea groups is 1. The Kier molecular flexibility index (Phi) is 1.35. The van der Waals surface area contributed by atoms with E-state index in [-0.39, 0.29) is 6.03 Å². The number of nitrogens with zero attached hydrogens (tertiary/aromatic N) is 2. The third-order valence-corrected chi connectivity index (χ3v) is 0.985. The van der Waals surface area contributed by atoms with Crippen molar-refractivity contribution in [3.63, 3.8) is 0 Å². The highest BCUT2D eigenvalue weighted by molar-refractivity contribution is 5.82. The zero-order valence-electron chi connectivity index (χ0n) is 5.03. The van der Waals surface area contributed by atoms with Crippen LogP contribution in [0.25, 0.3) is 0 Å². The van der Waals surface area contributed by atoms with Crippen molar-refractivity contribution in [2.45, 2.75) is 6.17 Å². The summed E-state index contributed by atoms with van der Waals surface area (Å²) in [6, 6.07) is -0.273. The normalized spacial score (nSPS) is 26.2. The first-order valence-corrected chi connectivity index (χ1v) is 2.54. The Morgan fingerprint density at radius 2 is 2.67 bits per heavy atom. The molecule has 3 N–H and O–H groups in total. The van der Waals surface area contributed by atoms with Crippen LogP contribution >= 0.6 is 0 Å². The number of nitrogens with one attached hydrogen (secondary N) is 1. The van der Waals surface area contributed by atoms with E-state index in [4.69, 9.17) is 5.73 Å². The number of rotatable bonds is 0. The van der Waals surface area contributed by atoms with Crippen LogP contribution in [0.15, 0.2) is 5.10 Å². The molecule has 9 heavy (non-hydrogen) atoms. The molecule has 0 aromatic heterocycles. The van der Waals surface area contributed by atoms with Crippen molar-refractivity contribution in [2.24, 2.45) is 10.8 Å². The molecule has 0 aromatic rings. The van der Waals surface area contributed by atoms with Gasteiger partial charge in [-0.25, -0.2) is 9.80 Å². The van der Waals surface area contributed by atoms with Crippen molar-refractivity contribution in [1.82, 2.24) is 10.3 Å². The lowest BCUT2D eigenvalue weighted by atomic mass is 10.5. The summed E-state index contributed by atoms with van der Waals surface area (Å²) in [6.07, 6.45) is 1.02. The second-order valence-corrected chi connectivity index (χ2v) is 1.76. The van der Waals surface area contributed by atoms with Gasteiger partial charge < -0.3 is 11.1 Å². The van der Waals surface area contributed by atoms with Crippen molar-refractivity contribution in [1.29, 1.82) is 0 Å². The lowest BCUT2D eigenvalue weighted by molar-refractivity contribution is 0.206. The minimum absolute atomic E-state index is 0.273. The highest BCUT2D eigenvalue weighted by Gasteiger charge is 2.13. The maximum Gasteiger partial charge on any atom is 0.339 e. The average Bonchev–Trinajstić information content (AvgIpc) is 1.80. The molecule has 1 aliphatic rings. The molecule has 5 nitrogen and oxygen atoms in total. The quantitative estimate of drug-likeness (QED) is 0.435. The van der Waals surface area contributed by atoms with Crippen molar-refractivity contribution < 1.29 is 4.79 Å². The molecule has 2 amide bonds. The molecule has 1 aliphatic heterocycles. The van der Waals surface area contributed by atoms with Crippen molar-refractivity contribution in [3.8, 4) is 0 Å². The number of hydrogen-bond donors (Lipinski definition) is 2. The van der Waals surface area contributed by atoms with Gasteiger partial charge in [0, 0.05) is 7.05 Å². The lowest BCUT2D eigenvalue weighted by Crippen LogP contribution is -2.50. The predicted molar refractivity (Wildman–Crippen MR) is 32.8 cm³/mol. The number of carbonyl (C=O) groups excluding carboxylic acids is 1. The molecule has 0 saturated heterocycles. The van der Waals surface area contributed by atoms with Crippen LogP contribution in [0.1, 0.15) is 0 Å². The van der Waals surface area contributed by atoms with E-state index in [0.29, 0.717) is 0 Å². The number of carbonyl (C=O) groups is 1. The highest BCUT2D eigenvalue weighted by atomic mass is 16.2. The Morgan fingerprint density at radius 3 is 3.11 bits per heavy atom. The van der Waals surface area contributed by atoms with Crippen LogP contribution in [0.3, 0.4) is 0 Å². The van der Waals surface area contributed by atoms with Crippen molar-refractivity contribution in [2.75, 3.05) is 7.05 Å². The first kappa shape index (κ1) is 6.03. The summed E-state index contributed by atoms with van der Waals surface area (Å²) >= 11 is 0. The van der Waals surface area contributed by atoms with Crippen molar-refractivity contribution in [3.05, 3.63) is 0 Å². The smallest absolute Gasteiger partial charge is 0.316 e. The Balaban J connectivity index is 2.65. The molecule has 5 heteroatoms. The standard InChI is InChI=1S/C4H8N4O/c1-8-4(9)7-3(5)2-6-8/h2-3H,5H2,1H3,(H,7,9). The first-order chi connectivity index (χ1) is 4.20. The van der Waals surface area contributed by atoms with Gasteiger partial charge >= 0.3 is 6.03 Å². The van der Waals surface area contributed by atoms with E-state index in [1.54, 1.807) is 7.05 Å². The molecule has 0 spiro atoms. The number of nitrogens with two attached hydrogens (primary N) is 1. The minimum Gasteiger partial charge on any atom is -0.316 e. The molecular formula is C4H8N4O. The number of hydrogen-bond acceptors (Lipinski definition) is 3. The van der Waals surface area contributed by atoms with Crippen LogP contribution < -0.4 is 11.1 Å². The highest BCUT2D eigenvalue weighted by Crippen LogP contribution is 1.89. The molecule has 0 radical (unpaired) electrons. The minimum atomic E-state index is -0.436. The fraction of sp³-hybridized carbons (Fsp3) is 0.500. The van der Waals surface area contributed by atoms with Crippen LogP contribution in [-0.4, -0.2) is 30.5 Å². The van der Waals surface area contributed by atoms with Gasteiger partial charge in [-0.2, -0.15) is 5.10 Å². The fourth-order valence-corrected chi connectivity index (χ4v) is 0.498. The van der Waals surface area contributed by atoms with E-state index in [1.807, 2.05) is 0 Å². The van der Waals surface area contributed by atoms with Gasteiger partial charge in [0.05, 0.1) is 6.21 Å². The van der Waals surface area contributed by atoms with Gasteiger partial charge in [-0.15, -0.1) is 0 Å². The maximum absolute atomic E-state index is 10.6. The molecule has 50 valence electrons. The van der Waals surface area contributed by atoms with E-state index < -0.39 is 6.17 Å². The van der Waals surface area contributed by atoms with Crippen molar-refractivity contribution >= 4 is 12.2 Å². The van der Waals surface area contributed by atoms with E-state index in [9.17, 15) is 4.79 Å². The molecule has 0 fully saturated rings. The van der Waals surface area contributed by atoms with Gasteiger partial charge in [-0.3, -0.25) is 0 Å². The summed E-state index contributed by atoms with van der Waals surface area (Å²) in [5.74, 6) is 0. The van der Waals surface area contributed by atoms with Gasteiger partial charge in [0.25, 0.3) is 0 Å². The summed E-state index contributed by atoms with van der Waals surface area (Å²) < 4.78 is 0. The Labute approximate surface area is 52.5 Å². The van der Waals surface area contributed by atoms with E-state index >= 15 is 0 Å². The monoisotopic (exact) mass is 128 g/mol. The summed E-state index contributed by atoms with van der Waals surface area (Å²) in [7, 11) is 1.55. The lowest BCUT2D eigenvalue weighted by Gasteiger charge is -2.19. The number of amides is 2. The van der Waals surface area contributed by atoms with Gasteiger partial charge in [0.15, 0.2) is 0 Å². The molecule has 0 saturated carbocycles. The predicted octanol–water partition coefficient (Wildman–Crippen LogP) is -1.09. The van der Waals surface area contributed by atoms with Gasteiger partial charge in [-0.1, -0.05) is 0 Å². The molecule has 0 aromatic carbocycles. The molecule has 1 atom stereocenters. The van der Waals surface area contributed by atoms with Gasteiger partial charge in [0.2, 0.25) is 0 Å². The van der Waals surface area contributed by atoms with E-state index in [2.05, 4.69) is 10.4 Å². The summed E-state index contributed by atoms with van der Waals surface area (Å²) in [5, 5.41) is 7.29. The van der Waals surface area contributed by atoms with Gasteiger partial charge in [0.1, 0.15) is 6.17 Å². The first-order valence-electron chi connectivity index (χ1n) is 2.54. The Bertz CT molecular complexity index is 155. The fourth-order valence-electron chi connectivity index (χ4n) is 0.498. The van der Waals surface area contributed by atoms with Crippen LogP contribution in [0.2, 0.25) is 0 Å². The number of hydrazone groups is 1. The largest absolute Gasteiger partial charge is 0.339 e. The topological polar surface area (TPSA) is 70.7 Å². The molecule has 0 bridgehead atoms. The van der Waals surface area contributed by atoms with E-state index in [1.165, 1.54) is 11.2 Å². The maximum atomic E-state index is 10.6. The van der Waals surface area contributed by atoms with Crippen LogP contribution in [0, 0.1) is 0 Å². The molecule has 1 heterocycles. The van der Waals surface area contributed by atoms with Crippen LogP contribution in [0.4, 0.5) is 4.79 Å². The Hall–Kier alpha value is -1.10. The third-order valence-electron chi connectivity index (χ3n) is 0.985. The Morgan fingerprint density at radius 1 is 2.00 bits per heavy atom. The molecular weight excluding hydrogens is 120 g/mol. The molecule has 1 unspecified atom stereocenters.